The predicted molar refractivity (Wildman–Crippen MR) is 120 cm³/mol. The van der Waals surface area contributed by atoms with Crippen LogP contribution in [0.5, 0.6) is 5.75 Å². The fourth-order valence-electron chi connectivity index (χ4n) is 3.15. The molecule has 0 saturated carbocycles. The Morgan fingerprint density at radius 3 is 2.58 bits per heavy atom. The predicted octanol–water partition coefficient (Wildman–Crippen LogP) is 4.58. The summed E-state index contributed by atoms with van der Waals surface area (Å²) >= 11 is 0. The smallest absolute Gasteiger partial charge is 0.267 e. The molecule has 3 aromatic rings. The minimum atomic E-state index is -0.600. The van der Waals surface area contributed by atoms with Crippen LogP contribution >= 0.6 is 0 Å². The van der Waals surface area contributed by atoms with Crippen LogP contribution in [-0.4, -0.2) is 29.2 Å². The van der Waals surface area contributed by atoms with Crippen molar-refractivity contribution in [1.82, 2.24) is 10.4 Å². The molecule has 0 bridgehead atoms. The molecule has 3 rings (SSSR count). The number of hydrogen-bond acceptors (Lipinski definition) is 5. The molecule has 0 radical (unpaired) electrons. The van der Waals surface area contributed by atoms with E-state index in [-0.39, 0.29) is 0 Å². The Morgan fingerprint density at radius 1 is 1.06 bits per heavy atom. The summed E-state index contributed by atoms with van der Waals surface area (Å²) in [7, 11) is 0. The summed E-state index contributed by atoms with van der Waals surface area (Å²) in [4.78, 5) is 13.4. The molecule has 0 spiro atoms. The normalized spacial score (nSPS) is 11.2. The number of hydroxylamine groups is 1. The van der Waals surface area contributed by atoms with Crippen molar-refractivity contribution in [3.63, 3.8) is 0 Å². The number of carbonyl (C=O) groups is 1. The average molecular weight is 421 g/mol. The van der Waals surface area contributed by atoms with Gasteiger partial charge in [-0.05, 0) is 49.2 Å². The molecule has 1 amide bonds. The summed E-state index contributed by atoms with van der Waals surface area (Å²) in [6.45, 7) is 4.97. The SMILES string of the molecule is Cc1ccc(OCCCN(Cc2ccccc2)Cc2ccc(/C=C/C(=O)NO)o2)cc1. The van der Waals surface area contributed by atoms with E-state index in [1.807, 2.05) is 48.5 Å². The van der Waals surface area contributed by atoms with Gasteiger partial charge >= 0.3 is 0 Å². The summed E-state index contributed by atoms with van der Waals surface area (Å²) < 4.78 is 11.7. The molecule has 0 fully saturated rings. The Kier molecular flexibility index (Phi) is 8.46. The molecule has 2 aromatic carbocycles. The van der Waals surface area contributed by atoms with Gasteiger partial charge in [-0.2, -0.15) is 0 Å². The molecule has 0 unspecified atom stereocenters. The highest BCUT2D eigenvalue weighted by molar-refractivity contribution is 5.90. The van der Waals surface area contributed by atoms with Crippen molar-refractivity contribution in [2.45, 2.75) is 26.4 Å². The number of carbonyl (C=O) groups excluding carboxylic acids is 1. The van der Waals surface area contributed by atoms with E-state index in [2.05, 4.69) is 24.0 Å². The van der Waals surface area contributed by atoms with Gasteiger partial charge in [0.15, 0.2) is 0 Å². The first-order valence-corrected chi connectivity index (χ1v) is 10.3. The van der Waals surface area contributed by atoms with Gasteiger partial charge in [-0.15, -0.1) is 0 Å². The molecule has 1 aromatic heterocycles. The lowest BCUT2D eigenvalue weighted by atomic mass is 10.2. The second-order valence-electron chi connectivity index (χ2n) is 7.32. The maximum atomic E-state index is 11.1. The van der Waals surface area contributed by atoms with Gasteiger partial charge in [-0.3, -0.25) is 14.9 Å². The molecule has 0 saturated heterocycles. The van der Waals surface area contributed by atoms with Crippen molar-refractivity contribution in [3.8, 4) is 5.75 Å². The zero-order valence-corrected chi connectivity index (χ0v) is 17.7. The van der Waals surface area contributed by atoms with Gasteiger partial charge in [0.05, 0.1) is 13.2 Å². The van der Waals surface area contributed by atoms with Crippen molar-refractivity contribution in [2.75, 3.05) is 13.2 Å². The summed E-state index contributed by atoms with van der Waals surface area (Å²) in [6, 6.07) is 22.1. The highest BCUT2D eigenvalue weighted by Crippen LogP contribution is 2.16. The standard InChI is InChI=1S/C25H28N2O4/c1-20-8-10-22(11-9-20)30-17-5-16-27(18-21-6-3-2-4-7-21)19-24-13-12-23(31-24)14-15-25(28)26-29/h2-4,6-15,29H,5,16-19H2,1H3,(H,26,28)/b15-14+. The number of amides is 1. The van der Waals surface area contributed by atoms with E-state index >= 15 is 0 Å². The highest BCUT2D eigenvalue weighted by atomic mass is 16.5. The van der Waals surface area contributed by atoms with Gasteiger partial charge in [0.1, 0.15) is 17.3 Å². The van der Waals surface area contributed by atoms with Crippen LogP contribution in [0.4, 0.5) is 0 Å². The number of rotatable bonds is 11. The minimum Gasteiger partial charge on any atom is -0.494 e. The lowest BCUT2D eigenvalue weighted by Crippen LogP contribution is -2.25. The van der Waals surface area contributed by atoms with Crippen molar-refractivity contribution < 1.29 is 19.2 Å². The zero-order chi connectivity index (χ0) is 21.9. The summed E-state index contributed by atoms with van der Waals surface area (Å²) in [6.07, 6.45) is 3.61. The van der Waals surface area contributed by atoms with E-state index in [1.54, 1.807) is 11.5 Å². The molecule has 0 aliphatic heterocycles. The topological polar surface area (TPSA) is 74.9 Å². The number of furan rings is 1. The Morgan fingerprint density at radius 2 is 1.84 bits per heavy atom. The Bertz CT molecular complexity index is 965. The molecule has 31 heavy (non-hydrogen) atoms. The van der Waals surface area contributed by atoms with E-state index in [1.165, 1.54) is 23.3 Å². The number of nitrogens with zero attached hydrogens (tertiary/aromatic N) is 1. The fraction of sp³-hybridized carbons (Fsp3) is 0.240. The van der Waals surface area contributed by atoms with Gasteiger partial charge in [0.2, 0.25) is 0 Å². The van der Waals surface area contributed by atoms with E-state index < -0.39 is 5.91 Å². The van der Waals surface area contributed by atoms with Crippen LogP contribution in [-0.2, 0) is 17.9 Å². The van der Waals surface area contributed by atoms with E-state index in [4.69, 9.17) is 14.4 Å². The average Bonchev–Trinajstić information content (AvgIpc) is 3.24. The van der Waals surface area contributed by atoms with Crippen LogP contribution in [0, 0.1) is 6.92 Å². The molecule has 162 valence electrons. The number of hydrogen-bond donors (Lipinski definition) is 2. The van der Waals surface area contributed by atoms with E-state index in [0.29, 0.717) is 18.9 Å². The molecular weight excluding hydrogens is 392 g/mol. The maximum absolute atomic E-state index is 11.1. The molecule has 0 aliphatic rings. The summed E-state index contributed by atoms with van der Waals surface area (Å²) in [5.74, 6) is 1.65. The quantitative estimate of drug-likeness (QED) is 0.206. The highest BCUT2D eigenvalue weighted by Gasteiger charge is 2.10. The van der Waals surface area contributed by atoms with E-state index in [0.717, 1.165) is 31.0 Å². The number of benzene rings is 2. The third-order valence-corrected chi connectivity index (χ3v) is 4.73. The van der Waals surface area contributed by atoms with Gasteiger partial charge in [0.25, 0.3) is 5.91 Å². The summed E-state index contributed by atoms with van der Waals surface area (Å²) in [5, 5.41) is 8.57. The first kappa shape index (κ1) is 22.3. The Labute approximate surface area is 182 Å². The van der Waals surface area contributed by atoms with E-state index in [9.17, 15) is 4.79 Å². The summed E-state index contributed by atoms with van der Waals surface area (Å²) in [5.41, 5.74) is 4.00. The van der Waals surface area contributed by atoms with Crippen LogP contribution < -0.4 is 10.2 Å². The second kappa shape index (κ2) is 11.7. The van der Waals surface area contributed by atoms with Gasteiger partial charge in [-0.25, -0.2) is 5.48 Å². The van der Waals surface area contributed by atoms with Crippen LogP contribution in [0.3, 0.4) is 0 Å². The Hall–Kier alpha value is -3.35. The van der Waals surface area contributed by atoms with Crippen molar-refractivity contribution >= 4 is 12.0 Å². The molecule has 6 heteroatoms. The van der Waals surface area contributed by atoms with Crippen LogP contribution in [0.15, 0.2) is 77.2 Å². The zero-order valence-electron chi connectivity index (χ0n) is 17.7. The first-order valence-electron chi connectivity index (χ1n) is 10.3. The third-order valence-electron chi connectivity index (χ3n) is 4.73. The van der Waals surface area contributed by atoms with Gasteiger partial charge < -0.3 is 9.15 Å². The van der Waals surface area contributed by atoms with Crippen molar-refractivity contribution in [1.29, 1.82) is 0 Å². The second-order valence-corrected chi connectivity index (χ2v) is 7.32. The van der Waals surface area contributed by atoms with Gasteiger partial charge in [-0.1, -0.05) is 48.0 Å². The molecule has 0 aliphatic carbocycles. The van der Waals surface area contributed by atoms with Crippen molar-refractivity contribution in [3.05, 3.63) is 95.5 Å². The molecule has 6 nitrogen and oxygen atoms in total. The minimum absolute atomic E-state index is 0.556. The Balaban J connectivity index is 1.57. The van der Waals surface area contributed by atoms with Gasteiger partial charge in [0, 0.05) is 19.2 Å². The third kappa shape index (κ3) is 7.77. The lowest BCUT2D eigenvalue weighted by Gasteiger charge is -2.21. The largest absolute Gasteiger partial charge is 0.494 e. The number of ether oxygens (including phenoxy) is 1. The van der Waals surface area contributed by atoms with Crippen LogP contribution in [0.1, 0.15) is 29.1 Å². The molecule has 1 heterocycles. The van der Waals surface area contributed by atoms with Crippen LogP contribution in [0.2, 0.25) is 0 Å². The number of nitrogens with one attached hydrogen (secondary N) is 1. The molecular formula is C25H28N2O4. The molecule has 0 atom stereocenters. The monoisotopic (exact) mass is 420 g/mol. The first-order chi connectivity index (χ1) is 15.1. The maximum Gasteiger partial charge on any atom is 0.267 e. The van der Waals surface area contributed by atoms with Crippen LogP contribution in [0.25, 0.3) is 6.08 Å². The lowest BCUT2D eigenvalue weighted by molar-refractivity contribution is -0.124. The van der Waals surface area contributed by atoms with Crippen molar-refractivity contribution in [2.24, 2.45) is 0 Å². The molecule has 2 N–H and O–H groups in total. The fourth-order valence-corrected chi connectivity index (χ4v) is 3.15. The number of aryl methyl sites for hydroxylation is 1.